The second-order valence-electron chi connectivity index (χ2n) is 6.97. The standard InChI is InChI=1S/C22H22N4O3/c1-28-19-9-8-15(10-20(19)29-2)18-11-17(21(27)14-6-4-3-5-7-14)25-22-16(12-23)13-24-26(18)22/h3-10,13,17-18,22,24-25H,11H2,1-2H3. The second kappa shape index (κ2) is 7.95. The van der Waals surface area contributed by atoms with Crippen molar-refractivity contribution in [2.75, 3.05) is 14.2 Å². The van der Waals surface area contributed by atoms with E-state index in [9.17, 15) is 10.1 Å². The van der Waals surface area contributed by atoms with Gasteiger partial charge in [0.15, 0.2) is 17.3 Å². The number of ether oxygens (including phenoxy) is 2. The van der Waals surface area contributed by atoms with Crippen molar-refractivity contribution in [3.8, 4) is 17.6 Å². The summed E-state index contributed by atoms with van der Waals surface area (Å²) in [7, 11) is 3.19. The van der Waals surface area contributed by atoms with Gasteiger partial charge in [-0.1, -0.05) is 36.4 Å². The van der Waals surface area contributed by atoms with Crippen LogP contribution in [0.5, 0.6) is 11.5 Å². The molecule has 0 aromatic heterocycles. The molecule has 0 saturated carbocycles. The molecule has 0 amide bonds. The van der Waals surface area contributed by atoms with E-state index in [1.54, 1.807) is 20.4 Å². The highest BCUT2D eigenvalue weighted by molar-refractivity contribution is 6.00. The minimum Gasteiger partial charge on any atom is -0.493 e. The Hall–Kier alpha value is -3.34. The number of fused-ring (bicyclic) bond motifs is 1. The number of ketones is 1. The number of nitrogens with zero attached hydrogens (tertiary/aromatic N) is 2. The maximum Gasteiger partial charge on any atom is 0.179 e. The smallest absolute Gasteiger partial charge is 0.179 e. The van der Waals surface area contributed by atoms with Crippen LogP contribution in [-0.4, -0.2) is 37.2 Å². The van der Waals surface area contributed by atoms with Crippen LogP contribution in [0.15, 0.2) is 60.3 Å². The lowest BCUT2D eigenvalue weighted by Gasteiger charge is -2.42. The highest BCUT2D eigenvalue weighted by Gasteiger charge is 2.43. The summed E-state index contributed by atoms with van der Waals surface area (Å²) in [4.78, 5) is 13.1. The largest absolute Gasteiger partial charge is 0.493 e. The van der Waals surface area contributed by atoms with Crippen molar-refractivity contribution in [3.05, 3.63) is 71.4 Å². The molecule has 3 atom stereocenters. The van der Waals surface area contributed by atoms with Crippen LogP contribution >= 0.6 is 0 Å². The zero-order valence-electron chi connectivity index (χ0n) is 16.3. The predicted octanol–water partition coefficient (Wildman–Crippen LogP) is 2.54. The summed E-state index contributed by atoms with van der Waals surface area (Å²) < 4.78 is 10.8. The summed E-state index contributed by atoms with van der Waals surface area (Å²) in [5.74, 6) is 1.28. The minimum atomic E-state index is -0.423. The van der Waals surface area contributed by atoms with Gasteiger partial charge in [0.05, 0.1) is 37.9 Å². The third kappa shape index (κ3) is 3.44. The van der Waals surface area contributed by atoms with Gasteiger partial charge in [-0.25, -0.2) is 0 Å². The van der Waals surface area contributed by atoms with Crippen LogP contribution in [0, 0.1) is 11.3 Å². The number of hydrazine groups is 1. The predicted molar refractivity (Wildman–Crippen MR) is 107 cm³/mol. The average molecular weight is 390 g/mol. The highest BCUT2D eigenvalue weighted by atomic mass is 16.5. The molecule has 0 spiro atoms. The lowest BCUT2D eigenvalue weighted by atomic mass is 9.90. The van der Waals surface area contributed by atoms with Crippen LogP contribution in [0.25, 0.3) is 0 Å². The molecule has 2 aliphatic rings. The molecular formula is C22H22N4O3. The summed E-state index contributed by atoms with van der Waals surface area (Å²) in [6.45, 7) is 0. The molecule has 2 N–H and O–H groups in total. The number of methoxy groups -OCH3 is 2. The summed E-state index contributed by atoms with van der Waals surface area (Å²) in [6.07, 6.45) is 1.84. The lowest BCUT2D eigenvalue weighted by molar-refractivity contribution is 0.0434. The Kier molecular flexibility index (Phi) is 5.21. The fraction of sp³-hybridized carbons (Fsp3) is 0.273. The van der Waals surface area contributed by atoms with E-state index >= 15 is 0 Å². The zero-order valence-corrected chi connectivity index (χ0v) is 16.3. The van der Waals surface area contributed by atoms with Crippen LogP contribution < -0.4 is 20.2 Å². The Labute approximate surface area is 169 Å². The van der Waals surface area contributed by atoms with E-state index < -0.39 is 6.04 Å². The molecule has 0 aliphatic carbocycles. The molecule has 7 heteroatoms. The Morgan fingerprint density at radius 3 is 2.59 bits per heavy atom. The van der Waals surface area contributed by atoms with E-state index in [0.717, 1.165) is 5.56 Å². The number of benzene rings is 2. The topological polar surface area (TPSA) is 86.6 Å². The zero-order chi connectivity index (χ0) is 20.4. The number of nitriles is 1. The average Bonchev–Trinajstić information content (AvgIpc) is 3.21. The van der Waals surface area contributed by atoms with Gasteiger partial charge in [-0.15, -0.1) is 0 Å². The van der Waals surface area contributed by atoms with E-state index in [1.807, 2.05) is 53.5 Å². The quantitative estimate of drug-likeness (QED) is 0.759. The number of carbonyl (C=O) groups is 1. The summed E-state index contributed by atoms with van der Waals surface area (Å²) in [5.41, 5.74) is 5.34. The molecule has 2 aliphatic heterocycles. The molecule has 2 heterocycles. The van der Waals surface area contributed by atoms with Crippen molar-refractivity contribution in [2.45, 2.75) is 24.7 Å². The monoisotopic (exact) mass is 390 g/mol. The van der Waals surface area contributed by atoms with Gasteiger partial charge < -0.3 is 14.9 Å². The molecule has 3 unspecified atom stereocenters. The first-order valence-corrected chi connectivity index (χ1v) is 9.38. The molecule has 29 heavy (non-hydrogen) atoms. The molecule has 4 rings (SSSR count). The number of rotatable bonds is 5. The van der Waals surface area contributed by atoms with Crippen LogP contribution in [0.2, 0.25) is 0 Å². The van der Waals surface area contributed by atoms with Gasteiger partial charge in [-0.2, -0.15) is 10.3 Å². The van der Waals surface area contributed by atoms with Gasteiger partial charge in [0, 0.05) is 11.8 Å². The van der Waals surface area contributed by atoms with Gasteiger partial charge in [0.25, 0.3) is 0 Å². The van der Waals surface area contributed by atoms with Gasteiger partial charge in [-0.05, 0) is 24.1 Å². The summed E-state index contributed by atoms with van der Waals surface area (Å²) >= 11 is 0. The third-order valence-electron chi connectivity index (χ3n) is 5.39. The van der Waals surface area contributed by atoms with Gasteiger partial charge in [-0.3, -0.25) is 10.1 Å². The van der Waals surface area contributed by atoms with E-state index in [4.69, 9.17) is 9.47 Å². The van der Waals surface area contributed by atoms with E-state index in [2.05, 4.69) is 16.8 Å². The Morgan fingerprint density at radius 2 is 1.90 bits per heavy atom. The molecule has 2 aromatic rings. The summed E-state index contributed by atoms with van der Waals surface area (Å²) in [5, 5.41) is 14.8. The Morgan fingerprint density at radius 1 is 1.14 bits per heavy atom. The third-order valence-corrected chi connectivity index (χ3v) is 5.39. The maximum atomic E-state index is 13.1. The number of nitrogens with one attached hydrogen (secondary N) is 2. The number of hydrogen-bond donors (Lipinski definition) is 2. The number of carbonyl (C=O) groups excluding carboxylic acids is 1. The van der Waals surface area contributed by atoms with Crippen molar-refractivity contribution < 1.29 is 14.3 Å². The number of hydrogen-bond acceptors (Lipinski definition) is 7. The maximum absolute atomic E-state index is 13.1. The highest BCUT2D eigenvalue weighted by Crippen LogP contribution is 2.38. The Bertz CT molecular complexity index is 983. The fourth-order valence-corrected chi connectivity index (χ4v) is 3.92. The SMILES string of the molecule is COc1ccc(C2CC(C(=O)c3ccccc3)NC3C(C#N)=CNN32)cc1OC. The van der Waals surface area contributed by atoms with Crippen molar-refractivity contribution in [3.63, 3.8) is 0 Å². The van der Waals surface area contributed by atoms with Crippen LogP contribution in [-0.2, 0) is 0 Å². The van der Waals surface area contributed by atoms with Crippen molar-refractivity contribution in [1.29, 1.82) is 5.26 Å². The van der Waals surface area contributed by atoms with Gasteiger partial charge in [0.2, 0.25) is 0 Å². The number of Topliss-reactive ketones (excluding diaryl/α,β-unsaturated/α-hetero) is 1. The normalized spacial score (nSPS) is 23.3. The van der Waals surface area contributed by atoms with Crippen molar-refractivity contribution in [2.24, 2.45) is 0 Å². The van der Waals surface area contributed by atoms with E-state index in [-0.39, 0.29) is 18.0 Å². The first-order valence-electron chi connectivity index (χ1n) is 9.38. The van der Waals surface area contributed by atoms with Crippen LogP contribution in [0.3, 0.4) is 0 Å². The molecular weight excluding hydrogens is 368 g/mol. The van der Waals surface area contributed by atoms with E-state index in [1.165, 1.54) is 0 Å². The lowest BCUT2D eigenvalue weighted by Crippen LogP contribution is -2.60. The van der Waals surface area contributed by atoms with Crippen molar-refractivity contribution in [1.82, 2.24) is 15.8 Å². The molecule has 1 fully saturated rings. The van der Waals surface area contributed by atoms with Crippen molar-refractivity contribution >= 4 is 5.78 Å². The molecule has 0 bridgehead atoms. The molecule has 7 nitrogen and oxygen atoms in total. The second-order valence-corrected chi connectivity index (χ2v) is 6.97. The van der Waals surface area contributed by atoms with Crippen LogP contribution in [0.4, 0.5) is 0 Å². The molecule has 1 saturated heterocycles. The molecule has 0 radical (unpaired) electrons. The molecule has 2 aromatic carbocycles. The van der Waals surface area contributed by atoms with Gasteiger partial charge in [0.1, 0.15) is 6.17 Å². The first-order chi connectivity index (χ1) is 14.2. The first kappa shape index (κ1) is 19.0. The molecule has 148 valence electrons. The van der Waals surface area contributed by atoms with Gasteiger partial charge >= 0.3 is 0 Å². The Balaban J connectivity index is 1.69. The fourth-order valence-electron chi connectivity index (χ4n) is 3.92. The van der Waals surface area contributed by atoms with E-state index in [0.29, 0.717) is 29.1 Å². The van der Waals surface area contributed by atoms with Crippen LogP contribution in [0.1, 0.15) is 28.4 Å². The summed E-state index contributed by atoms with van der Waals surface area (Å²) in [6, 6.07) is 16.6. The minimum absolute atomic E-state index is 0.0138.